The van der Waals surface area contributed by atoms with Crippen LogP contribution in [0.5, 0.6) is 0 Å². The molecule has 1 heterocycles. The number of carbonyl (C=O) groups excluding carboxylic acids is 2. The highest BCUT2D eigenvalue weighted by Gasteiger charge is 2.62. The number of alkyl halides is 3. The predicted octanol–water partition coefficient (Wildman–Crippen LogP) is 3.51. The lowest BCUT2D eigenvalue weighted by Crippen LogP contribution is -2.52. The normalized spacial score (nSPS) is 19.2. The molecule has 1 unspecified atom stereocenters. The van der Waals surface area contributed by atoms with Crippen LogP contribution in [-0.4, -0.2) is 42.5 Å². The van der Waals surface area contributed by atoms with Gasteiger partial charge in [0.25, 0.3) is 5.91 Å². The van der Waals surface area contributed by atoms with E-state index < -0.39 is 17.5 Å². The molecule has 0 bridgehead atoms. The molecule has 1 aliphatic heterocycles. The van der Waals surface area contributed by atoms with Crippen LogP contribution in [-0.2, 0) is 17.9 Å². The molecular weight excluding hydrogens is 407 g/mol. The number of likely N-dealkylation sites (tertiary alicyclic amines) is 1. The van der Waals surface area contributed by atoms with Gasteiger partial charge in [-0.2, -0.15) is 13.2 Å². The number of hydrogen-bond acceptors (Lipinski definition) is 3. The van der Waals surface area contributed by atoms with Crippen molar-refractivity contribution in [2.45, 2.75) is 32.6 Å². The van der Waals surface area contributed by atoms with E-state index in [1.807, 2.05) is 30.3 Å². The van der Waals surface area contributed by atoms with Crippen LogP contribution in [0.25, 0.3) is 0 Å². The zero-order chi connectivity index (χ0) is 22.5. The molecule has 1 aliphatic rings. The fourth-order valence-electron chi connectivity index (χ4n) is 3.85. The first-order valence-corrected chi connectivity index (χ1v) is 10.2. The summed E-state index contributed by atoms with van der Waals surface area (Å²) in [6.07, 6.45) is -4.94. The maximum atomic E-state index is 14.0. The van der Waals surface area contributed by atoms with Gasteiger partial charge in [0.2, 0.25) is 5.91 Å². The molecule has 2 aromatic rings. The van der Waals surface area contributed by atoms with Gasteiger partial charge in [0, 0.05) is 31.7 Å². The van der Waals surface area contributed by atoms with E-state index in [0.29, 0.717) is 24.2 Å². The molecule has 0 radical (unpaired) electrons. The van der Waals surface area contributed by atoms with Gasteiger partial charge in [0.15, 0.2) is 5.41 Å². The van der Waals surface area contributed by atoms with Crippen LogP contribution in [0.2, 0.25) is 0 Å². The fourth-order valence-corrected chi connectivity index (χ4v) is 3.85. The van der Waals surface area contributed by atoms with E-state index in [1.54, 1.807) is 36.1 Å². The summed E-state index contributed by atoms with van der Waals surface area (Å²) in [6, 6.07) is 15.7. The molecule has 0 aliphatic carbocycles. The number of hydrogen-bond donors (Lipinski definition) is 2. The Labute approximate surface area is 179 Å². The number of rotatable bonds is 7. The summed E-state index contributed by atoms with van der Waals surface area (Å²) in [5.41, 5.74) is -0.579. The Bertz CT molecular complexity index is 918. The number of nitrogens with one attached hydrogen (secondary N) is 2. The number of nitrogens with zero attached hydrogens (tertiary/aromatic N) is 1. The average Bonchev–Trinajstić information content (AvgIpc) is 3.18. The van der Waals surface area contributed by atoms with E-state index in [2.05, 4.69) is 10.6 Å². The molecule has 2 N–H and O–H groups in total. The Hall–Kier alpha value is -2.87. The quantitative estimate of drug-likeness (QED) is 0.703. The zero-order valence-electron chi connectivity index (χ0n) is 17.3. The monoisotopic (exact) mass is 433 g/mol. The largest absolute Gasteiger partial charge is 0.404 e. The van der Waals surface area contributed by atoms with Crippen LogP contribution < -0.4 is 10.6 Å². The van der Waals surface area contributed by atoms with Crippen molar-refractivity contribution in [2.24, 2.45) is 5.41 Å². The number of carbonyl (C=O) groups is 2. The highest BCUT2D eigenvalue weighted by molar-refractivity contribution is 5.94. The van der Waals surface area contributed by atoms with Gasteiger partial charge in [0.05, 0.1) is 0 Å². The molecule has 5 nitrogen and oxygen atoms in total. The summed E-state index contributed by atoms with van der Waals surface area (Å²) in [5.74, 6) is -1.30. The van der Waals surface area contributed by atoms with Gasteiger partial charge in [-0.1, -0.05) is 42.5 Å². The number of halogens is 3. The standard InChI is InChI=1S/C23H26F3N3O2/c1-2-27-20(30)19-10-6-9-18(13-19)14-28-21(31)22(23(24,25)26)11-12-29(16-22)15-17-7-4-3-5-8-17/h3-10,13H,2,11-12,14-16H2,1H3,(H,27,30)(H,28,31). The fraction of sp³-hybridized carbons (Fsp3) is 0.391. The first-order chi connectivity index (χ1) is 14.7. The van der Waals surface area contributed by atoms with Crippen LogP contribution in [0.1, 0.15) is 34.8 Å². The Kier molecular flexibility index (Phi) is 7.00. The Morgan fingerprint density at radius 3 is 2.42 bits per heavy atom. The molecule has 0 spiro atoms. The molecule has 0 saturated carbocycles. The van der Waals surface area contributed by atoms with Crippen molar-refractivity contribution in [1.82, 2.24) is 15.5 Å². The Morgan fingerprint density at radius 2 is 1.74 bits per heavy atom. The molecule has 31 heavy (non-hydrogen) atoms. The zero-order valence-corrected chi connectivity index (χ0v) is 17.3. The van der Waals surface area contributed by atoms with Crippen molar-refractivity contribution in [3.8, 4) is 0 Å². The van der Waals surface area contributed by atoms with Crippen molar-refractivity contribution in [3.63, 3.8) is 0 Å². The molecule has 1 fully saturated rings. The summed E-state index contributed by atoms with van der Waals surface area (Å²) >= 11 is 0. The second kappa shape index (κ2) is 9.51. The summed E-state index contributed by atoms with van der Waals surface area (Å²) in [5, 5.41) is 5.12. The summed E-state index contributed by atoms with van der Waals surface area (Å²) < 4.78 is 42.1. The molecule has 3 rings (SSSR count). The van der Waals surface area contributed by atoms with Gasteiger partial charge >= 0.3 is 6.18 Å². The van der Waals surface area contributed by atoms with E-state index in [1.165, 1.54) is 0 Å². The lowest BCUT2D eigenvalue weighted by Gasteiger charge is -2.30. The highest BCUT2D eigenvalue weighted by atomic mass is 19.4. The molecule has 2 aromatic carbocycles. The second-order valence-electron chi connectivity index (χ2n) is 7.77. The summed E-state index contributed by atoms with van der Waals surface area (Å²) in [4.78, 5) is 26.4. The predicted molar refractivity (Wildman–Crippen MR) is 111 cm³/mol. The first kappa shape index (κ1) is 22.8. The summed E-state index contributed by atoms with van der Waals surface area (Å²) in [7, 11) is 0. The van der Waals surface area contributed by atoms with Crippen molar-refractivity contribution >= 4 is 11.8 Å². The second-order valence-corrected chi connectivity index (χ2v) is 7.77. The van der Waals surface area contributed by atoms with Gasteiger partial charge in [-0.25, -0.2) is 0 Å². The topological polar surface area (TPSA) is 61.4 Å². The minimum absolute atomic E-state index is 0.0808. The summed E-state index contributed by atoms with van der Waals surface area (Å²) in [6.45, 7) is 2.35. The lowest BCUT2D eigenvalue weighted by atomic mass is 9.85. The van der Waals surface area contributed by atoms with E-state index >= 15 is 0 Å². The molecule has 0 aromatic heterocycles. The molecule has 166 valence electrons. The van der Waals surface area contributed by atoms with E-state index in [9.17, 15) is 22.8 Å². The van der Waals surface area contributed by atoms with Gasteiger partial charge < -0.3 is 10.6 Å². The van der Waals surface area contributed by atoms with Crippen LogP contribution in [0.4, 0.5) is 13.2 Å². The SMILES string of the molecule is CCNC(=O)c1cccc(CNC(=O)C2(C(F)(F)F)CCN(Cc3ccccc3)C2)c1. The molecule has 1 atom stereocenters. The van der Waals surface area contributed by atoms with Gasteiger partial charge in [0.1, 0.15) is 0 Å². The minimum atomic E-state index is -4.66. The molecule has 1 saturated heterocycles. The number of amides is 2. The first-order valence-electron chi connectivity index (χ1n) is 10.2. The minimum Gasteiger partial charge on any atom is -0.352 e. The molecule has 8 heteroatoms. The van der Waals surface area contributed by atoms with Gasteiger partial charge in [-0.05, 0) is 43.1 Å². The Morgan fingerprint density at radius 1 is 1.03 bits per heavy atom. The van der Waals surface area contributed by atoms with Gasteiger partial charge in [-0.15, -0.1) is 0 Å². The van der Waals surface area contributed by atoms with Crippen molar-refractivity contribution in [2.75, 3.05) is 19.6 Å². The van der Waals surface area contributed by atoms with Crippen molar-refractivity contribution < 1.29 is 22.8 Å². The van der Waals surface area contributed by atoms with E-state index in [0.717, 1.165) is 5.56 Å². The van der Waals surface area contributed by atoms with Crippen LogP contribution in [0, 0.1) is 5.41 Å². The highest BCUT2D eigenvalue weighted by Crippen LogP contribution is 2.46. The van der Waals surface area contributed by atoms with Crippen LogP contribution in [0.15, 0.2) is 54.6 Å². The van der Waals surface area contributed by atoms with Crippen LogP contribution >= 0.6 is 0 Å². The number of benzene rings is 2. The van der Waals surface area contributed by atoms with Crippen molar-refractivity contribution in [1.29, 1.82) is 0 Å². The van der Waals surface area contributed by atoms with Crippen molar-refractivity contribution in [3.05, 3.63) is 71.3 Å². The third kappa shape index (κ3) is 5.25. The Balaban J connectivity index is 1.69. The third-order valence-electron chi connectivity index (χ3n) is 5.55. The van der Waals surface area contributed by atoms with Crippen LogP contribution in [0.3, 0.4) is 0 Å². The van der Waals surface area contributed by atoms with E-state index in [4.69, 9.17) is 0 Å². The smallest absolute Gasteiger partial charge is 0.352 e. The third-order valence-corrected chi connectivity index (χ3v) is 5.55. The maximum Gasteiger partial charge on any atom is 0.404 e. The molecular formula is C23H26F3N3O2. The van der Waals surface area contributed by atoms with E-state index in [-0.39, 0.29) is 32.0 Å². The maximum absolute atomic E-state index is 14.0. The lowest BCUT2D eigenvalue weighted by molar-refractivity contribution is -0.218. The molecule has 2 amide bonds. The average molecular weight is 433 g/mol. The van der Waals surface area contributed by atoms with Gasteiger partial charge in [-0.3, -0.25) is 14.5 Å².